The first kappa shape index (κ1) is 12.8. The molecule has 2 aromatic rings. The van der Waals surface area contributed by atoms with E-state index in [1.165, 1.54) is 17.9 Å². The van der Waals surface area contributed by atoms with E-state index in [0.29, 0.717) is 11.3 Å². The van der Waals surface area contributed by atoms with Crippen LogP contribution < -0.4 is 10.5 Å². The summed E-state index contributed by atoms with van der Waals surface area (Å²) in [6.45, 7) is 0. The van der Waals surface area contributed by atoms with E-state index in [9.17, 15) is 0 Å². The van der Waals surface area contributed by atoms with Crippen LogP contribution in [0.5, 0.6) is 5.75 Å². The third kappa shape index (κ3) is 2.99. The first-order valence-electron chi connectivity index (χ1n) is 5.11. The molecular weight excluding hydrogens is 268 g/mol. The van der Waals surface area contributed by atoms with E-state index >= 15 is 0 Å². The van der Waals surface area contributed by atoms with Crippen LogP contribution in [0.2, 0.25) is 0 Å². The van der Waals surface area contributed by atoms with Crippen molar-refractivity contribution in [2.45, 2.75) is 10.1 Å². The monoisotopic (exact) mass is 280 g/mol. The number of nitrogens with zero attached hydrogens (tertiary/aromatic N) is 2. The van der Waals surface area contributed by atoms with Gasteiger partial charge in [-0.1, -0.05) is 11.8 Å². The number of thioether (sulfide) groups is 1. The lowest BCUT2D eigenvalue weighted by Gasteiger charge is -2.09. The lowest BCUT2D eigenvalue weighted by molar-refractivity contribution is 0.411. The van der Waals surface area contributed by atoms with Gasteiger partial charge in [-0.15, -0.1) is 0 Å². The number of hydrogen-bond donors (Lipinski definition) is 2. The van der Waals surface area contributed by atoms with Gasteiger partial charge in [-0.3, -0.25) is 5.41 Å². The molecule has 0 unspecified atom stereocenters. The Kier molecular flexibility index (Phi) is 4.16. The molecular formula is C11H12N4OS2. The summed E-state index contributed by atoms with van der Waals surface area (Å²) in [6, 6.07) is 5.47. The Morgan fingerprint density at radius 2 is 2.39 bits per heavy atom. The number of nitrogen functional groups attached to an aromatic ring is 1. The van der Waals surface area contributed by atoms with Crippen molar-refractivity contribution in [2.75, 3.05) is 7.11 Å². The molecule has 0 bridgehead atoms. The second kappa shape index (κ2) is 5.83. The SMILES string of the molecule is COc1ccc(C(=N)N)cc1CSc1ncns1. The maximum atomic E-state index is 7.44. The normalized spacial score (nSPS) is 10.3. The van der Waals surface area contributed by atoms with Gasteiger partial charge in [0.25, 0.3) is 0 Å². The average Bonchev–Trinajstić information content (AvgIpc) is 2.89. The molecule has 7 heteroatoms. The van der Waals surface area contributed by atoms with E-state index in [4.69, 9.17) is 15.9 Å². The topological polar surface area (TPSA) is 84.9 Å². The predicted molar refractivity (Wildman–Crippen MR) is 73.5 cm³/mol. The van der Waals surface area contributed by atoms with Gasteiger partial charge < -0.3 is 10.5 Å². The van der Waals surface area contributed by atoms with Crippen LogP contribution in [-0.4, -0.2) is 22.3 Å². The number of hydrogen-bond acceptors (Lipinski definition) is 6. The molecule has 0 fully saturated rings. The number of benzene rings is 1. The minimum absolute atomic E-state index is 0.0554. The molecule has 3 N–H and O–H groups in total. The number of ether oxygens (including phenoxy) is 1. The Balaban J connectivity index is 2.18. The molecule has 0 aliphatic carbocycles. The van der Waals surface area contributed by atoms with Gasteiger partial charge in [-0.05, 0) is 29.7 Å². The highest BCUT2D eigenvalue weighted by Crippen LogP contribution is 2.29. The van der Waals surface area contributed by atoms with Crippen LogP contribution >= 0.6 is 23.3 Å². The van der Waals surface area contributed by atoms with E-state index in [2.05, 4.69) is 9.36 Å². The summed E-state index contributed by atoms with van der Waals surface area (Å²) in [6.07, 6.45) is 1.54. The van der Waals surface area contributed by atoms with E-state index in [-0.39, 0.29) is 5.84 Å². The van der Waals surface area contributed by atoms with Crippen molar-refractivity contribution in [3.8, 4) is 5.75 Å². The molecule has 5 nitrogen and oxygen atoms in total. The Morgan fingerprint density at radius 1 is 1.56 bits per heavy atom. The first-order valence-corrected chi connectivity index (χ1v) is 6.87. The molecule has 0 radical (unpaired) electrons. The molecule has 2 rings (SSSR count). The van der Waals surface area contributed by atoms with Crippen molar-refractivity contribution in [3.05, 3.63) is 35.7 Å². The van der Waals surface area contributed by atoms with Crippen molar-refractivity contribution >= 4 is 29.1 Å². The van der Waals surface area contributed by atoms with Gasteiger partial charge in [-0.25, -0.2) is 4.98 Å². The van der Waals surface area contributed by atoms with Crippen molar-refractivity contribution < 1.29 is 4.74 Å². The smallest absolute Gasteiger partial charge is 0.170 e. The van der Waals surface area contributed by atoms with E-state index in [1.54, 1.807) is 24.9 Å². The zero-order valence-corrected chi connectivity index (χ0v) is 11.3. The first-order chi connectivity index (χ1) is 8.70. The fraction of sp³-hybridized carbons (Fsp3) is 0.182. The molecule has 18 heavy (non-hydrogen) atoms. The molecule has 0 saturated heterocycles. The van der Waals surface area contributed by atoms with E-state index < -0.39 is 0 Å². The minimum Gasteiger partial charge on any atom is -0.496 e. The van der Waals surface area contributed by atoms with Crippen molar-refractivity contribution in [2.24, 2.45) is 5.73 Å². The van der Waals surface area contributed by atoms with Gasteiger partial charge in [-0.2, -0.15) is 4.37 Å². The van der Waals surface area contributed by atoms with Crippen LogP contribution in [0.25, 0.3) is 0 Å². The molecule has 1 aromatic carbocycles. The third-order valence-corrected chi connectivity index (χ3v) is 4.13. The van der Waals surface area contributed by atoms with E-state index in [0.717, 1.165) is 15.7 Å². The highest BCUT2D eigenvalue weighted by Gasteiger charge is 2.08. The molecule has 94 valence electrons. The summed E-state index contributed by atoms with van der Waals surface area (Å²) >= 11 is 2.94. The van der Waals surface area contributed by atoms with Gasteiger partial charge in [0, 0.05) is 16.9 Å². The summed E-state index contributed by atoms with van der Waals surface area (Å²) in [7, 11) is 1.63. The molecule has 1 heterocycles. The fourth-order valence-corrected chi connectivity index (χ4v) is 2.85. The fourth-order valence-electron chi connectivity index (χ4n) is 1.42. The number of nitrogens with two attached hydrogens (primary N) is 1. The minimum atomic E-state index is 0.0554. The maximum absolute atomic E-state index is 7.44. The second-order valence-electron chi connectivity index (χ2n) is 3.44. The van der Waals surface area contributed by atoms with Crippen molar-refractivity contribution in [3.63, 3.8) is 0 Å². The molecule has 0 spiro atoms. The summed E-state index contributed by atoms with van der Waals surface area (Å²) in [5.74, 6) is 1.55. The van der Waals surface area contributed by atoms with Crippen LogP contribution in [-0.2, 0) is 5.75 Å². The number of rotatable bonds is 5. The van der Waals surface area contributed by atoms with Gasteiger partial charge in [0.15, 0.2) is 4.34 Å². The Morgan fingerprint density at radius 3 is 3.00 bits per heavy atom. The van der Waals surface area contributed by atoms with Gasteiger partial charge in [0.1, 0.15) is 17.9 Å². The average molecular weight is 280 g/mol. The van der Waals surface area contributed by atoms with Gasteiger partial charge >= 0.3 is 0 Å². The Hall–Kier alpha value is -1.60. The lowest BCUT2D eigenvalue weighted by Crippen LogP contribution is -2.11. The molecule has 0 aliphatic heterocycles. The van der Waals surface area contributed by atoms with Crippen LogP contribution in [0.3, 0.4) is 0 Å². The number of methoxy groups -OCH3 is 1. The van der Waals surface area contributed by atoms with Crippen molar-refractivity contribution in [1.29, 1.82) is 5.41 Å². The van der Waals surface area contributed by atoms with E-state index in [1.807, 2.05) is 12.1 Å². The van der Waals surface area contributed by atoms with Crippen LogP contribution in [0.1, 0.15) is 11.1 Å². The maximum Gasteiger partial charge on any atom is 0.170 e. The lowest BCUT2D eigenvalue weighted by atomic mass is 10.1. The standard InChI is InChI=1S/C11H12N4OS2/c1-16-9-3-2-7(10(12)13)4-8(9)5-17-11-14-6-15-18-11/h2-4,6H,5H2,1H3,(H3,12,13). The van der Waals surface area contributed by atoms with Gasteiger partial charge in [0.05, 0.1) is 7.11 Å². The summed E-state index contributed by atoms with van der Waals surface area (Å²) in [5, 5.41) is 7.44. The molecule has 0 saturated carbocycles. The van der Waals surface area contributed by atoms with Crippen LogP contribution in [0.4, 0.5) is 0 Å². The number of amidine groups is 1. The zero-order valence-electron chi connectivity index (χ0n) is 9.71. The van der Waals surface area contributed by atoms with Gasteiger partial charge in [0.2, 0.25) is 0 Å². The van der Waals surface area contributed by atoms with Crippen LogP contribution in [0.15, 0.2) is 28.9 Å². The summed E-state index contributed by atoms with van der Waals surface area (Å²) < 4.78 is 10.1. The molecule has 1 aromatic heterocycles. The molecule has 0 aliphatic rings. The highest BCUT2D eigenvalue weighted by atomic mass is 32.2. The largest absolute Gasteiger partial charge is 0.496 e. The molecule has 0 atom stereocenters. The zero-order chi connectivity index (χ0) is 13.0. The quantitative estimate of drug-likeness (QED) is 0.498. The number of aromatic nitrogens is 2. The predicted octanol–water partition coefficient (Wildman–Crippen LogP) is 2.12. The molecule has 0 amide bonds. The third-order valence-electron chi connectivity index (χ3n) is 2.28. The second-order valence-corrected chi connectivity index (χ2v) is 5.44. The summed E-state index contributed by atoms with van der Waals surface area (Å²) in [5.41, 5.74) is 7.17. The van der Waals surface area contributed by atoms with Crippen LogP contribution in [0, 0.1) is 5.41 Å². The van der Waals surface area contributed by atoms with Crippen molar-refractivity contribution in [1.82, 2.24) is 9.36 Å². The summed E-state index contributed by atoms with van der Waals surface area (Å²) in [4.78, 5) is 4.11. The Bertz CT molecular complexity index is 542. The number of nitrogens with one attached hydrogen (secondary N) is 1. The Labute approximate surface area is 113 Å². The highest BCUT2D eigenvalue weighted by molar-refractivity contribution is 8.00.